The fraction of sp³-hybridized carbons (Fsp3) is 0.805. The van der Waals surface area contributed by atoms with Gasteiger partial charge in [-0.15, -0.1) is 0 Å². The van der Waals surface area contributed by atoms with Crippen LogP contribution >= 0.6 is 7.82 Å². The maximum atomic E-state index is 12.4. The molecule has 0 amide bonds. The number of unbranched alkanes of at least 4 members (excludes halogenated alkanes) is 21. The zero-order valence-corrected chi connectivity index (χ0v) is 32.9. The van der Waals surface area contributed by atoms with E-state index in [1.54, 1.807) is 0 Å². The average Bonchev–Trinajstić information content (AvgIpc) is 3.08. The Morgan fingerprint density at radius 1 is 0.520 bits per heavy atom. The lowest BCUT2D eigenvalue weighted by atomic mass is 10.1. The molecule has 0 radical (unpaired) electrons. The molecular weight excluding hydrogens is 651 g/mol. The van der Waals surface area contributed by atoms with Crippen LogP contribution in [0.2, 0.25) is 0 Å². The maximum Gasteiger partial charge on any atom is 0.469 e. The van der Waals surface area contributed by atoms with E-state index in [2.05, 4.69) is 48.8 Å². The third kappa shape index (κ3) is 39.1. The minimum atomic E-state index is -4.77. The third-order valence-electron chi connectivity index (χ3n) is 8.63. The molecule has 292 valence electrons. The van der Waals surface area contributed by atoms with Gasteiger partial charge in [0.1, 0.15) is 6.61 Å². The molecule has 0 aromatic carbocycles. The summed E-state index contributed by atoms with van der Waals surface area (Å²) in [7, 11) is -4.77. The van der Waals surface area contributed by atoms with Crippen LogP contribution in [0.3, 0.4) is 0 Å². The Kier molecular flexibility index (Phi) is 35.8. The second-order valence-electron chi connectivity index (χ2n) is 13.6. The van der Waals surface area contributed by atoms with Gasteiger partial charge < -0.3 is 19.3 Å². The highest BCUT2D eigenvalue weighted by Gasteiger charge is 2.22. The minimum absolute atomic E-state index is 0.145. The summed E-state index contributed by atoms with van der Waals surface area (Å²) in [6.07, 6.45) is 43.1. The molecule has 0 heterocycles. The van der Waals surface area contributed by atoms with E-state index in [4.69, 9.17) is 19.3 Å². The Bertz CT molecular complexity index is 910. The number of phosphoric acid groups is 1. The molecule has 0 aromatic rings. The molecule has 0 aliphatic heterocycles. The molecule has 0 aliphatic rings. The summed E-state index contributed by atoms with van der Waals surface area (Å²) in [5.41, 5.74) is 0. The highest BCUT2D eigenvalue weighted by Crippen LogP contribution is 2.36. The summed E-state index contributed by atoms with van der Waals surface area (Å²) in [4.78, 5) is 42.7. The Morgan fingerprint density at radius 3 is 1.40 bits per heavy atom. The second kappa shape index (κ2) is 37.0. The molecule has 1 atom stereocenters. The second-order valence-corrected chi connectivity index (χ2v) is 14.8. The Labute approximate surface area is 306 Å². The van der Waals surface area contributed by atoms with E-state index < -0.39 is 32.5 Å². The van der Waals surface area contributed by atoms with Gasteiger partial charge in [-0.05, 0) is 64.2 Å². The van der Waals surface area contributed by atoms with Crippen LogP contribution in [-0.2, 0) is 28.2 Å². The molecule has 0 rings (SSSR count). The molecule has 0 fully saturated rings. The van der Waals surface area contributed by atoms with E-state index in [1.165, 1.54) is 116 Å². The SMILES string of the molecule is CCCCCCCCCCC/C=C/C/C=C/CCCC(=O)O[C@H](COC(=O)CCCC/C=C/CCCCCCCCCCC)COP(=O)(O)O. The van der Waals surface area contributed by atoms with Gasteiger partial charge in [0.15, 0.2) is 6.10 Å². The van der Waals surface area contributed by atoms with Crippen molar-refractivity contribution in [2.24, 2.45) is 0 Å². The van der Waals surface area contributed by atoms with Gasteiger partial charge in [0.25, 0.3) is 0 Å². The van der Waals surface area contributed by atoms with Crippen molar-refractivity contribution in [3.8, 4) is 0 Å². The van der Waals surface area contributed by atoms with Gasteiger partial charge in [0, 0.05) is 12.8 Å². The largest absolute Gasteiger partial charge is 0.469 e. The van der Waals surface area contributed by atoms with Gasteiger partial charge in [-0.25, -0.2) is 4.57 Å². The molecule has 0 spiro atoms. The number of ether oxygens (including phenoxy) is 2. The van der Waals surface area contributed by atoms with Crippen molar-refractivity contribution in [1.29, 1.82) is 0 Å². The van der Waals surface area contributed by atoms with Crippen molar-refractivity contribution >= 4 is 19.8 Å². The van der Waals surface area contributed by atoms with Crippen LogP contribution in [0.25, 0.3) is 0 Å². The molecule has 8 nitrogen and oxygen atoms in total. The first kappa shape index (κ1) is 48.3. The molecule has 0 aromatic heterocycles. The van der Waals surface area contributed by atoms with E-state index in [0.717, 1.165) is 32.1 Å². The predicted octanol–water partition coefficient (Wildman–Crippen LogP) is 12.2. The van der Waals surface area contributed by atoms with Crippen LogP contribution in [0.15, 0.2) is 36.5 Å². The Hall–Kier alpha value is -1.73. The number of esters is 2. The lowest BCUT2D eigenvalue weighted by Crippen LogP contribution is -2.29. The van der Waals surface area contributed by atoms with E-state index >= 15 is 0 Å². The number of phosphoric ester groups is 1. The first-order valence-corrected chi connectivity index (χ1v) is 21.8. The summed E-state index contributed by atoms with van der Waals surface area (Å²) >= 11 is 0. The molecule has 9 heteroatoms. The Morgan fingerprint density at radius 2 is 0.920 bits per heavy atom. The standard InChI is InChI=1S/C41H75O8P/c1-3-5-7-9-11-13-15-17-19-20-22-24-26-28-30-32-34-36-41(43)49-39(38-48-50(44,45)46)37-47-40(42)35-33-31-29-27-25-23-21-18-16-14-12-10-8-6-4-2/h22,24-25,27-28,30,39H,3-21,23,26,29,31-38H2,1-2H3,(H2,44,45,46)/b24-22+,27-25+,30-28+/t39-/m1/s1. The van der Waals surface area contributed by atoms with Crippen molar-refractivity contribution in [1.82, 2.24) is 0 Å². The van der Waals surface area contributed by atoms with Crippen molar-refractivity contribution in [2.75, 3.05) is 13.2 Å². The molecule has 0 aliphatic carbocycles. The van der Waals surface area contributed by atoms with Crippen molar-refractivity contribution < 1.29 is 37.9 Å². The summed E-state index contributed by atoms with van der Waals surface area (Å²) < 4.78 is 26.3. The molecular formula is C41H75O8P. The van der Waals surface area contributed by atoms with Crippen molar-refractivity contribution in [2.45, 2.75) is 200 Å². The van der Waals surface area contributed by atoms with Gasteiger partial charge >= 0.3 is 19.8 Å². The number of carbonyl (C=O) groups is 2. The van der Waals surface area contributed by atoms with E-state index in [9.17, 15) is 14.2 Å². The summed E-state index contributed by atoms with van der Waals surface area (Å²) in [5.74, 6) is -0.961. The van der Waals surface area contributed by atoms with Gasteiger partial charge in [-0.1, -0.05) is 153 Å². The topological polar surface area (TPSA) is 119 Å². The normalized spacial score (nSPS) is 12.8. The molecule has 0 unspecified atom stereocenters. The van der Waals surface area contributed by atoms with Crippen LogP contribution in [0, 0.1) is 0 Å². The van der Waals surface area contributed by atoms with Gasteiger partial charge in [0.2, 0.25) is 0 Å². The van der Waals surface area contributed by atoms with E-state index in [-0.39, 0.29) is 19.4 Å². The molecule has 0 saturated carbocycles. The van der Waals surface area contributed by atoms with Crippen molar-refractivity contribution in [3.05, 3.63) is 36.5 Å². The average molecular weight is 727 g/mol. The molecule has 2 N–H and O–H groups in total. The molecule has 50 heavy (non-hydrogen) atoms. The van der Waals surface area contributed by atoms with Crippen LogP contribution in [0.4, 0.5) is 0 Å². The smallest absolute Gasteiger partial charge is 0.462 e. The predicted molar refractivity (Wildman–Crippen MR) is 207 cm³/mol. The summed E-state index contributed by atoms with van der Waals surface area (Å²) in [5, 5.41) is 0. The maximum absolute atomic E-state index is 12.4. The van der Waals surface area contributed by atoms with Crippen molar-refractivity contribution in [3.63, 3.8) is 0 Å². The number of carbonyl (C=O) groups excluding carboxylic acids is 2. The monoisotopic (exact) mass is 727 g/mol. The first-order chi connectivity index (χ1) is 24.3. The molecule has 0 bridgehead atoms. The van der Waals surface area contributed by atoms with E-state index in [1.807, 2.05) is 6.08 Å². The van der Waals surface area contributed by atoms with Crippen LogP contribution in [0.1, 0.15) is 194 Å². The first-order valence-electron chi connectivity index (χ1n) is 20.3. The zero-order valence-electron chi connectivity index (χ0n) is 32.0. The lowest BCUT2D eigenvalue weighted by molar-refractivity contribution is -0.161. The zero-order chi connectivity index (χ0) is 36.8. The third-order valence-corrected chi connectivity index (χ3v) is 9.12. The molecule has 0 saturated heterocycles. The van der Waals surface area contributed by atoms with E-state index in [0.29, 0.717) is 19.3 Å². The number of rotatable bonds is 37. The highest BCUT2D eigenvalue weighted by atomic mass is 31.2. The summed E-state index contributed by atoms with van der Waals surface area (Å²) in [6, 6.07) is 0. The minimum Gasteiger partial charge on any atom is -0.462 e. The lowest BCUT2D eigenvalue weighted by Gasteiger charge is -2.18. The van der Waals surface area contributed by atoms with Crippen LogP contribution in [-0.4, -0.2) is 41.0 Å². The highest BCUT2D eigenvalue weighted by molar-refractivity contribution is 7.46. The van der Waals surface area contributed by atoms with Crippen LogP contribution < -0.4 is 0 Å². The fourth-order valence-corrected chi connectivity index (χ4v) is 5.94. The van der Waals surface area contributed by atoms with Gasteiger partial charge in [0.05, 0.1) is 6.61 Å². The van der Waals surface area contributed by atoms with Gasteiger partial charge in [-0.2, -0.15) is 0 Å². The number of allylic oxidation sites excluding steroid dienone is 6. The number of hydrogen-bond donors (Lipinski definition) is 2. The van der Waals surface area contributed by atoms with Crippen LogP contribution in [0.5, 0.6) is 0 Å². The Balaban J connectivity index is 4.02. The fourth-order valence-electron chi connectivity index (χ4n) is 5.58. The quantitative estimate of drug-likeness (QED) is 0.0281. The summed E-state index contributed by atoms with van der Waals surface area (Å²) in [6.45, 7) is 3.63. The van der Waals surface area contributed by atoms with Gasteiger partial charge in [-0.3, -0.25) is 14.1 Å². The number of hydrogen-bond acceptors (Lipinski definition) is 6.